The van der Waals surface area contributed by atoms with Gasteiger partial charge in [-0.1, -0.05) is 35.8 Å². The van der Waals surface area contributed by atoms with E-state index in [1.54, 1.807) is 0 Å². The Morgan fingerprint density at radius 3 is 2.60 bits per heavy atom. The van der Waals surface area contributed by atoms with Crippen LogP contribution in [-0.2, 0) is 0 Å². The van der Waals surface area contributed by atoms with Gasteiger partial charge in [0.1, 0.15) is 0 Å². The molecular weight excluding hydrogens is 208 g/mol. The summed E-state index contributed by atoms with van der Waals surface area (Å²) in [5.74, 6) is 0.639. The largest absolute Gasteiger partial charge is 0.149 e. The number of halogens is 1. The molecule has 0 amide bonds. The van der Waals surface area contributed by atoms with Crippen molar-refractivity contribution in [2.75, 3.05) is 0 Å². The molecule has 1 aromatic rings. The van der Waals surface area contributed by atoms with Crippen molar-refractivity contribution < 1.29 is 0 Å². The second kappa shape index (κ2) is 3.54. The molecule has 0 N–H and O–H groups in total. The van der Waals surface area contributed by atoms with Crippen LogP contribution in [0, 0.1) is 0 Å². The Morgan fingerprint density at radius 2 is 2.20 bits per heavy atom. The van der Waals surface area contributed by atoms with Crippen LogP contribution in [0.4, 0.5) is 0 Å². The van der Waals surface area contributed by atoms with Crippen LogP contribution in [0.1, 0.15) is 24.6 Å². The Hall–Kier alpha value is 0.180. The molecule has 0 fully saturated rings. The topological polar surface area (TPSA) is 0 Å². The average molecular weight is 219 g/mol. The monoisotopic (exact) mass is 218 g/mol. The van der Waals surface area contributed by atoms with Gasteiger partial charge in [-0.25, -0.2) is 0 Å². The molecule has 0 unspecified atom stereocenters. The molecule has 0 bridgehead atoms. The van der Waals surface area contributed by atoms with Crippen LogP contribution >= 0.6 is 27.3 Å². The van der Waals surface area contributed by atoms with Crippen molar-refractivity contribution in [2.45, 2.75) is 24.6 Å². The third-order valence-corrected chi connectivity index (χ3v) is 3.55. The fourth-order valence-electron chi connectivity index (χ4n) is 0.777. The number of hydrogen-bond donors (Lipinski definition) is 0. The summed E-state index contributed by atoms with van der Waals surface area (Å²) < 4.78 is 0. The molecule has 0 radical (unpaired) electrons. The summed E-state index contributed by atoms with van der Waals surface area (Å²) in [6.45, 7) is 4.43. The van der Waals surface area contributed by atoms with Crippen LogP contribution in [0.15, 0.2) is 17.5 Å². The lowest BCUT2D eigenvalue weighted by molar-refractivity contribution is 0.777. The van der Waals surface area contributed by atoms with E-state index in [0.29, 0.717) is 10.7 Å². The van der Waals surface area contributed by atoms with E-state index in [0.717, 1.165) is 0 Å². The summed E-state index contributed by atoms with van der Waals surface area (Å²) in [5, 5.41) is 2.13. The number of alkyl halides is 1. The van der Waals surface area contributed by atoms with Crippen molar-refractivity contribution in [2.24, 2.45) is 0 Å². The fourth-order valence-corrected chi connectivity index (χ4v) is 2.13. The van der Waals surface area contributed by atoms with Crippen molar-refractivity contribution in [3.8, 4) is 0 Å². The van der Waals surface area contributed by atoms with Gasteiger partial charge in [0.2, 0.25) is 0 Å². The molecule has 10 heavy (non-hydrogen) atoms. The molecule has 0 saturated heterocycles. The van der Waals surface area contributed by atoms with Crippen LogP contribution in [0.5, 0.6) is 0 Å². The molecule has 0 aliphatic rings. The van der Waals surface area contributed by atoms with E-state index in [1.165, 1.54) is 4.88 Å². The molecular formula is C8H11BrS. The average Bonchev–Trinajstić information content (AvgIpc) is 2.36. The first-order valence-corrected chi connectivity index (χ1v) is 5.19. The van der Waals surface area contributed by atoms with E-state index in [-0.39, 0.29) is 0 Å². The van der Waals surface area contributed by atoms with Crippen LogP contribution in [0.25, 0.3) is 0 Å². The van der Waals surface area contributed by atoms with E-state index in [2.05, 4.69) is 47.3 Å². The first-order chi connectivity index (χ1) is 4.72. The summed E-state index contributed by atoms with van der Waals surface area (Å²) >= 11 is 5.40. The summed E-state index contributed by atoms with van der Waals surface area (Å²) in [4.78, 5) is 2.04. The highest BCUT2D eigenvalue weighted by molar-refractivity contribution is 9.09. The molecule has 0 spiro atoms. The van der Waals surface area contributed by atoms with Crippen molar-refractivity contribution in [1.82, 2.24) is 0 Å². The first kappa shape index (κ1) is 8.28. The van der Waals surface area contributed by atoms with Gasteiger partial charge in [0.05, 0.1) is 0 Å². The van der Waals surface area contributed by atoms with Gasteiger partial charge in [-0.2, -0.15) is 0 Å². The highest BCUT2D eigenvalue weighted by atomic mass is 79.9. The predicted molar refractivity (Wildman–Crippen MR) is 51.1 cm³/mol. The van der Waals surface area contributed by atoms with Crippen LogP contribution in [0.3, 0.4) is 0 Å². The Labute approximate surface area is 74.4 Å². The third-order valence-electron chi connectivity index (χ3n) is 1.68. The molecule has 2 heteroatoms. The van der Waals surface area contributed by atoms with Gasteiger partial charge in [-0.05, 0) is 11.4 Å². The van der Waals surface area contributed by atoms with Crippen molar-refractivity contribution >= 4 is 27.3 Å². The summed E-state index contributed by atoms with van der Waals surface area (Å²) in [6, 6.07) is 4.29. The zero-order valence-corrected chi connectivity index (χ0v) is 8.58. The maximum Gasteiger partial charge on any atom is 0.0191 e. The molecule has 0 nitrogen and oxygen atoms in total. The van der Waals surface area contributed by atoms with Crippen molar-refractivity contribution in [3.63, 3.8) is 0 Å². The lowest BCUT2D eigenvalue weighted by Crippen LogP contribution is -2.01. The zero-order valence-electron chi connectivity index (χ0n) is 6.17. The highest BCUT2D eigenvalue weighted by Gasteiger charge is 2.10. The Bertz CT molecular complexity index is 179. The quantitative estimate of drug-likeness (QED) is 0.666. The Kier molecular flexibility index (Phi) is 2.93. The second-order valence-corrected chi connectivity index (χ2v) is 4.91. The van der Waals surface area contributed by atoms with Gasteiger partial charge in [-0.15, -0.1) is 11.3 Å². The van der Waals surface area contributed by atoms with Gasteiger partial charge < -0.3 is 0 Å². The van der Waals surface area contributed by atoms with E-state index < -0.39 is 0 Å². The third kappa shape index (κ3) is 1.83. The van der Waals surface area contributed by atoms with Crippen molar-refractivity contribution in [3.05, 3.63) is 22.4 Å². The smallest absolute Gasteiger partial charge is 0.0191 e. The molecule has 1 rings (SSSR count). The van der Waals surface area contributed by atoms with Gasteiger partial charge in [0.25, 0.3) is 0 Å². The molecule has 0 aliphatic carbocycles. The predicted octanol–water partition coefficient (Wildman–Crippen LogP) is 3.64. The minimum atomic E-state index is 0.575. The van der Waals surface area contributed by atoms with Crippen LogP contribution < -0.4 is 0 Å². The summed E-state index contributed by atoms with van der Waals surface area (Å²) in [5.41, 5.74) is 0. The van der Waals surface area contributed by atoms with Gasteiger partial charge in [0.15, 0.2) is 0 Å². The lowest BCUT2D eigenvalue weighted by Gasteiger charge is -2.10. The van der Waals surface area contributed by atoms with E-state index in [1.807, 2.05) is 11.3 Å². The zero-order chi connectivity index (χ0) is 7.56. The highest BCUT2D eigenvalue weighted by Crippen LogP contribution is 2.27. The van der Waals surface area contributed by atoms with Crippen LogP contribution in [-0.4, -0.2) is 4.83 Å². The maximum absolute atomic E-state index is 3.57. The Balaban J connectivity index is 2.68. The van der Waals surface area contributed by atoms with E-state index >= 15 is 0 Å². The SMILES string of the molecule is C[C@H](Br)[C@@H](C)c1cccs1. The molecule has 0 saturated carbocycles. The number of thiophene rings is 1. The molecule has 1 aromatic heterocycles. The molecule has 0 aliphatic heterocycles. The summed E-state index contributed by atoms with van der Waals surface area (Å²) in [6.07, 6.45) is 0. The van der Waals surface area contributed by atoms with E-state index in [4.69, 9.17) is 0 Å². The molecule has 56 valence electrons. The number of hydrogen-bond acceptors (Lipinski definition) is 1. The molecule has 0 aromatic carbocycles. The number of rotatable bonds is 2. The second-order valence-electron chi connectivity index (χ2n) is 2.48. The lowest BCUT2D eigenvalue weighted by atomic mass is 10.1. The van der Waals surface area contributed by atoms with Gasteiger partial charge in [0, 0.05) is 15.6 Å². The van der Waals surface area contributed by atoms with Crippen LogP contribution in [0.2, 0.25) is 0 Å². The fraction of sp³-hybridized carbons (Fsp3) is 0.500. The first-order valence-electron chi connectivity index (χ1n) is 3.39. The molecule has 1 heterocycles. The summed E-state index contributed by atoms with van der Waals surface area (Å²) in [7, 11) is 0. The van der Waals surface area contributed by atoms with E-state index in [9.17, 15) is 0 Å². The molecule has 2 atom stereocenters. The normalized spacial score (nSPS) is 16.7. The standard InChI is InChI=1S/C8H11BrS/c1-6(7(2)9)8-4-3-5-10-8/h3-7H,1-2H3/t6-,7+/m1/s1. The van der Waals surface area contributed by atoms with Gasteiger partial charge >= 0.3 is 0 Å². The Morgan fingerprint density at radius 1 is 1.50 bits per heavy atom. The minimum Gasteiger partial charge on any atom is -0.149 e. The van der Waals surface area contributed by atoms with Gasteiger partial charge in [-0.3, -0.25) is 0 Å². The van der Waals surface area contributed by atoms with Crippen molar-refractivity contribution in [1.29, 1.82) is 0 Å². The maximum atomic E-state index is 3.57. The minimum absolute atomic E-state index is 0.575.